The second-order valence-corrected chi connectivity index (χ2v) is 4.15. The lowest BCUT2D eigenvalue weighted by molar-refractivity contribution is 0.574. The lowest BCUT2D eigenvalue weighted by atomic mass is 10.1. The third-order valence-electron chi connectivity index (χ3n) is 2.76. The minimum atomic E-state index is 0.670. The van der Waals surface area contributed by atoms with Gasteiger partial charge in [0.05, 0.1) is 6.20 Å². The lowest BCUT2D eigenvalue weighted by Crippen LogP contribution is -2.02. The average Bonchev–Trinajstić information content (AvgIpc) is 2.85. The summed E-state index contributed by atoms with van der Waals surface area (Å²) in [5.41, 5.74) is 3.42. The molecule has 2 aromatic rings. The Kier molecular flexibility index (Phi) is 3.81. The van der Waals surface area contributed by atoms with Crippen LogP contribution in [-0.2, 0) is 0 Å². The molecular weight excluding hydrogens is 212 g/mol. The average molecular weight is 230 g/mol. The van der Waals surface area contributed by atoms with Crippen molar-refractivity contribution in [3.05, 3.63) is 36.2 Å². The van der Waals surface area contributed by atoms with Gasteiger partial charge in [-0.1, -0.05) is 19.4 Å². The number of aryl methyl sites for hydroxylation is 1. The molecule has 17 heavy (non-hydrogen) atoms. The quantitative estimate of drug-likeness (QED) is 0.792. The molecule has 0 saturated carbocycles. The van der Waals surface area contributed by atoms with Gasteiger partial charge < -0.3 is 9.73 Å². The molecule has 0 bridgehead atoms. The Bertz CT molecular complexity index is 463. The van der Waals surface area contributed by atoms with Gasteiger partial charge in [-0.3, -0.25) is 0 Å². The summed E-state index contributed by atoms with van der Waals surface area (Å²) in [6.07, 6.45) is 5.65. The molecule has 0 aliphatic heterocycles. The Balaban J connectivity index is 2.18. The van der Waals surface area contributed by atoms with Gasteiger partial charge in [-0.25, -0.2) is 4.98 Å². The molecule has 1 heterocycles. The van der Waals surface area contributed by atoms with Crippen LogP contribution >= 0.6 is 0 Å². The second kappa shape index (κ2) is 5.53. The van der Waals surface area contributed by atoms with E-state index in [0.717, 1.165) is 17.8 Å². The Hall–Kier alpha value is -1.77. The van der Waals surface area contributed by atoms with E-state index < -0.39 is 0 Å². The first-order chi connectivity index (χ1) is 8.31. The Morgan fingerprint density at radius 3 is 2.94 bits per heavy atom. The van der Waals surface area contributed by atoms with Crippen LogP contribution in [0.25, 0.3) is 11.5 Å². The van der Waals surface area contributed by atoms with Crippen molar-refractivity contribution < 1.29 is 4.42 Å². The Morgan fingerprint density at radius 2 is 2.24 bits per heavy atom. The molecule has 0 amide bonds. The number of rotatable bonds is 5. The molecule has 2 rings (SSSR count). The maximum absolute atomic E-state index is 5.30. The molecule has 0 fully saturated rings. The van der Waals surface area contributed by atoms with Gasteiger partial charge in [0.25, 0.3) is 0 Å². The van der Waals surface area contributed by atoms with Crippen LogP contribution < -0.4 is 5.32 Å². The van der Waals surface area contributed by atoms with Gasteiger partial charge in [0.1, 0.15) is 6.26 Å². The number of hydrogen-bond acceptors (Lipinski definition) is 3. The predicted octanol–water partition coefficient (Wildman–Crippen LogP) is 3.86. The van der Waals surface area contributed by atoms with Crippen LogP contribution in [0, 0.1) is 6.92 Å². The largest absolute Gasteiger partial charge is 0.445 e. The van der Waals surface area contributed by atoms with E-state index in [2.05, 4.69) is 36.3 Å². The number of hydrogen-bond donors (Lipinski definition) is 1. The van der Waals surface area contributed by atoms with Crippen LogP contribution in [0.4, 0.5) is 5.69 Å². The van der Waals surface area contributed by atoms with Crippen molar-refractivity contribution in [1.82, 2.24) is 4.98 Å². The van der Waals surface area contributed by atoms with E-state index in [1.807, 2.05) is 6.07 Å². The first-order valence-electron chi connectivity index (χ1n) is 6.05. The van der Waals surface area contributed by atoms with Gasteiger partial charge in [0.2, 0.25) is 5.89 Å². The molecule has 0 saturated heterocycles. The van der Waals surface area contributed by atoms with E-state index in [-0.39, 0.29) is 0 Å². The summed E-state index contributed by atoms with van der Waals surface area (Å²) in [6, 6.07) is 6.22. The monoisotopic (exact) mass is 230 g/mol. The fourth-order valence-corrected chi connectivity index (χ4v) is 1.71. The van der Waals surface area contributed by atoms with Gasteiger partial charge in [0.15, 0.2) is 0 Å². The maximum atomic E-state index is 5.30. The molecule has 3 heteroatoms. The number of unbranched alkanes of at least 4 members (excludes halogenated alkanes) is 1. The van der Waals surface area contributed by atoms with Crippen molar-refractivity contribution in [3.63, 3.8) is 0 Å². The standard InChI is InChI=1S/C14H18N2O/c1-3-4-7-15-13-10-12(6-5-11(13)2)14-16-8-9-17-14/h5-6,8-10,15H,3-4,7H2,1-2H3. The van der Waals surface area contributed by atoms with Crippen LogP contribution in [-0.4, -0.2) is 11.5 Å². The molecular formula is C14H18N2O. The number of aromatic nitrogens is 1. The van der Waals surface area contributed by atoms with Crippen LogP contribution in [0.3, 0.4) is 0 Å². The van der Waals surface area contributed by atoms with Crippen LogP contribution in [0.15, 0.2) is 35.1 Å². The highest BCUT2D eigenvalue weighted by molar-refractivity contribution is 5.64. The summed E-state index contributed by atoms with van der Waals surface area (Å²) in [4.78, 5) is 4.16. The highest BCUT2D eigenvalue weighted by atomic mass is 16.3. The van der Waals surface area contributed by atoms with Gasteiger partial charge in [-0.15, -0.1) is 0 Å². The number of benzene rings is 1. The van der Waals surface area contributed by atoms with Crippen molar-refractivity contribution in [2.45, 2.75) is 26.7 Å². The summed E-state index contributed by atoms with van der Waals surface area (Å²) in [5, 5.41) is 3.45. The molecule has 1 N–H and O–H groups in total. The second-order valence-electron chi connectivity index (χ2n) is 4.15. The maximum Gasteiger partial charge on any atom is 0.225 e. The summed E-state index contributed by atoms with van der Waals surface area (Å²) >= 11 is 0. The number of nitrogens with one attached hydrogen (secondary N) is 1. The third-order valence-corrected chi connectivity index (χ3v) is 2.76. The van der Waals surface area contributed by atoms with E-state index in [0.29, 0.717) is 5.89 Å². The van der Waals surface area contributed by atoms with Crippen LogP contribution in [0.1, 0.15) is 25.3 Å². The number of anilines is 1. The summed E-state index contributed by atoms with van der Waals surface area (Å²) in [7, 11) is 0. The normalized spacial score (nSPS) is 10.5. The van der Waals surface area contributed by atoms with Crippen molar-refractivity contribution >= 4 is 5.69 Å². The van der Waals surface area contributed by atoms with E-state index in [1.165, 1.54) is 18.4 Å². The van der Waals surface area contributed by atoms with Gasteiger partial charge >= 0.3 is 0 Å². The van der Waals surface area contributed by atoms with Gasteiger partial charge in [0, 0.05) is 17.8 Å². The fraction of sp³-hybridized carbons (Fsp3) is 0.357. The van der Waals surface area contributed by atoms with Gasteiger partial charge in [-0.05, 0) is 31.0 Å². The molecule has 1 aromatic heterocycles. The van der Waals surface area contributed by atoms with E-state index in [1.54, 1.807) is 12.5 Å². The van der Waals surface area contributed by atoms with Crippen molar-refractivity contribution in [2.24, 2.45) is 0 Å². The Morgan fingerprint density at radius 1 is 1.35 bits per heavy atom. The van der Waals surface area contributed by atoms with Crippen molar-refractivity contribution in [2.75, 3.05) is 11.9 Å². The lowest BCUT2D eigenvalue weighted by Gasteiger charge is -2.10. The minimum Gasteiger partial charge on any atom is -0.445 e. The zero-order chi connectivity index (χ0) is 12.1. The Labute approximate surface area is 102 Å². The molecule has 0 spiro atoms. The van der Waals surface area contributed by atoms with Crippen molar-refractivity contribution in [1.29, 1.82) is 0 Å². The number of nitrogens with zero attached hydrogens (tertiary/aromatic N) is 1. The zero-order valence-electron chi connectivity index (χ0n) is 10.4. The van der Waals surface area contributed by atoms with Crippen LogP contribution in [0.2, 0.25) is 0 Å². The molecule has 0 aliphatic carbocycles. The molecule has 90 valence electrons. The molecule has 0 unspecified atom stereocenters. The molecule has 1 aromatic carbocycles. The molecule has 3 nitrogen and oxygen atoms in total. The van der Waals surface area contributed by atoms with E-state index in [4.69, 9.17) is 4.42 Å². The topological polar surface area (TPSA) is 38.1 Å². The first-order valence-corrected chi connectivity index (χ1v) is 6.05. The van der Waals surface area contributed by atoms with Gasteiger partial charge in [-0.2, -0.15) is 0 Å². The molecule has 0 aliphatic rings. The highest BCUT2D eigenvalue weighted by Gasteiger charge is 2.05. The van der Waals surface area contributed by atoms with E-state index >= 15 is 0 Å². The predicted molar refractivity (Wildman–Crippen MR) is 70.1 cm³/mol. The smallest absolute Gasteiger partial charge is 0.225 e. The highest BCUT2D eigenvalue weighted by Crippen LogP contribution is 2.24. The summed E-state index contributed by atoms with van der Waals surface area (Å²) < 4.78 is 5.30. The molecule has 0 atom stereocenters. The zero-order valence-corrected chi connectivity index (χ0v) is 10.4. The summed E-state index contributed by atoms with van der Waals surface area (Å²) in [5.74, 6) is 0.670. The van der Waals surface area contributed by atoms with E-state index in [9.17, 15) is 0 Å². The number of oxazole rings is 1. The molecule has 0 radical (unpaired) electrons. The van der Waals surface area contributed by atoms with Crippen LogP contribution in [0.5, 0.6) is 0 Å². The summed E-state index contributed by atoms with van der Waals surface area (Å²) in [6.45, 7) is 5.30. The fourth-order valence-electron chi connectivity index (χ4n) is 1.71. The third kappa shape index (κ3) is 2.87. The minimum absolute atomic E-state index is 0.670. The first kappa shape index (κ1) is 11.7. The van der Waals surface area contributed by atoms with Crippen molar-refractivity contribution in [3.8, 4) is 11.5 Å². The SMILES string of the molecule is CCCCNc1cc(-c2ncco2)ccc1C.